The van der Waals surface area contributed by atoms with E-state index < -0.39 is 0 Å². The first-order chi connectivity index (χ1) is 9.97. The summed E-state index contributed by atoms with van der Waals surface area (Å²) in [5.74, 6) is 0.691. The van der Waals surface area contributed by atoms with Crippen molar-refractivity contribution in [3.05, 3.63) is 52.8 Å². The van der Waals surface area contributed by atoms with Gasteiger partial charge in [0.1, 0.15) is 0 Å². The van der Waals surface area contributed by atoms with E-state index in [-0.39, 0.29) is 12.1 Å². The lowest BCUT2D eigenvalue weighted by Crippen LogP contribution is -2.24. The minimum absolute atomic E-state index is 0.113. The van der Waals surface area contributed by atoms with Crippen molar-refractivity contribution >= 4 is 17.5 Å². The highest BCUT2D eigenvalue weighted by molar-refractivity contribution is 6.30. The van der Waals surface area contributed by atoms with E-state index in [0.29, 0.717) is 5.95 Å². The van der Waals surface area contributed by atoms with Gasteiger partial charge in [-0.3, -0.25) is 0 Å². The zero-order valence-corrected chi connectivity index (χ0v) is 13.4. The number of nitrogens with two attached hydrogens (primary N) is 1. The lowest BCUT2D eigenvalue weighted by molar-refractivity contribution is 0.705. The van der Waals surface area contributed by atoms with E-state index in [2.05, 4.69) is 23.0 Å². The van der Waals surface area contributed by atoms with Crippen molar-refractivity contribution in [3.8, 4) is 0 Å². The number of hydrogen-bond acceptors (Lipinski definition) is 4. The van der Waals surface area contributed by atoms with Crippen molar-refractivity contribution in [2.75, 3.05) is 11.9 Å². The molecule has 21 heavy (non-hydrogen) atoms. The van der Waals surface area contributed by atoms with Crippen LogP contribution in [0.1, 0.15) is 31.0 Å². The Morgan fingerprint density at radius 2 is 1.90 bits per heavy atom. The number of halogens is 1. The largest absolute Gasteiger partial charge is 0.337 e. The Hall–Kier alpha value is -1.65. The molecule has 4 nitrogen and oxygen atoms in total. The quantitative estimate of drug-likeness (QED) is 0.921. The summed E-state index contributed by atoms with van der Waals surface area (Å²) in [6.07, 6.45) is 4.47. The SMILES string of the molecule is CC(N)Cc1cnc(N(C)C(C)c2cccc(Cl)c2)nc1. The van der Waals surface area contributed by atoms with E-state index >= 15 is 0 Å². The summed E-state index contributed by atoms with van der Waals surface area (Å²) in [5.41, 5.74) is 7.97. The van der Waals surface area contributed by atoms with Gasteiger partial charge in [0.05, 0.1) is 6.04 Å². The predicted molar refractivity (Wildman–Crippen MR) is 87.7 cm³/mol. The molecule has 1 aromatic carbocycles. The van der Waals surface area contributed by atoms with Crippen molar-refractivity contribution in [1.29, 1.82) is 0 Å². The Kier molecular flexibility index (Phi) is 5.15. The van der Waals surface area contributed by atoms with Gasteiger partial charge in [-0.25, -0.2) is 9.97 Å². The average Bonchev–Trinajstić information content (AvgIpc) is 2.46. The Morgan fingerprint density at radius 3 is 2.48 bits per heavy atom. The van der Waals surface area contributed by atoms with Crippen LogP contribution < -0.4 is 10.6 Å². The van der Waals surface area contributed by atoms with Crippen LogP contribution in [0.15, 0.2) is 36.7 Å². The number of rotatable bonds is 5. The third kappa shape index (κ3) is 4.16. The van der Waals surface area contributed by atoms with Gasteiger partial charge >= 0.3 is 0 Å². The van der Waals surface area contributed by atoms with Gasteiger partial charge in [0.25, 0.3) is 0 Å². The normalized spacial score (nSPS) is 13.8. The fraction of sp³-hybridized carbons (Fsp3) is 0.375. The van der Waals surface area contributed by atoms with Crippen molar-refractivity contribution in [2.24, 2.45) is 5.73 Å². The smallest absolute Gasteiger partial charge is 0.225 e. The van der Waals surface area contributed by atoms with E-state index in [9.17, 15) is 0 Å². The van der Waals surface area contributed by atoms with E-state index in [4.69, 9.17) is 17.3 Å². The second kappa shape index (κ2) is 6.87. The molecular formula is C16H21ClN4. The maximum Gasteiger partial charge on any atom is 0.225 e. The van der Waals surface area contributed by atoms with Crippen LogP contribution in [0.3, 0.4) is 0 Å². The Morgan fingerprint density at radius 1 is 1.24 bits per heavy atom. The molecule has 1 heterocycles. The lowest BCUT2D eigenvalue weighted by atomic mass is 10.1. The molecule has 0 bridgehead atoms. The van der Waals surface area contributed by atoms with Gasteiger partial charge in [0.2, 0.25) is 5.95 Å². The molecule has 0 aliphatic rings. The van der Waals surface area contributed by atoms with E-state index in [1.165, 1.54) is 0 Å². The minimum atomic E-state index is 0.113. The van der Waals surface area contributed by atoms with Gasteiger partial charge in [-0.1, -0.05) is 23.7 Å². The first-order valence-electron chi connectivity index (χ1n) is 7.02. The van der Waals surface area contributed by atoms with Gasteiger partial charge in [0, 0.05) is 30.5 Å². The predicted octanol–water partition coefficient (Wildman–Crippen LogP) is 3.22. The number of aromatic nitrogens is 2. The molecule has 112 valence electrons. The van der Waals surface area contributed by atoms with Crippen molar-refractivity contribution in [3.63, 3.8) is 0 Å². The van der Waals surface area contributed by atoms with Crippen LogP contribution in [-0.2, 0) is 6.42 Å². The standard InChI is InChI=1S/C16H21ClN4/c1-11(18)7-13-9-19-16(20-10-13)21(3)12(2)14-5-4-6-15(17)8-14/h4-6,8-12H,7,18H2,1-3H3. The topological polar surface area (TPSA) is 55.0 Å². The highest BCUT2D eigenvalue weighted by atomic mass is 35.5. The van der Waals surface area contributed by atoms with Crippen LogP contribution in [-0.4, -0.2) is 23.1 Å². The Bertz CT molecular complexity index is 583. The molecule has 0 spiro atoms. The molecule has 0 fully saturated rings. The Balaban J connectivity index is 2.13. The maximum absolute atomic E-state index is 6.05. The lowest BCUT2D eigenvalue weighted by Gasteiger charge is -2.25. The summed E-state index contributed by atoms with van der Waals surface area (Å²) in [7, 11) is 1.98. The number of nitrogens with zero attached hydrogens (tertiary/aromatic N) is 3. The fourth-order valence-corrected chi connectivity index (χ4v) is 2.37. The summed E-state index contributed by atoms with van der Waals surface area (Å²) in [6.45, 7) is 4.08. The monoisotopic (exact) mass is 304 g/mol. The molecule has 2 unspecified atom stereocenters. The van der Waals surface area contributed by atoms with Crippen LogP contribution in [0.4, 0.5) is 5.95 Å². The van der Waals surface area contributed by atoms with Gasteiger partial charge < -0.3 is 10.6 Å². The fourth-order valence-electron chi connectivity index (χ4n) is 2.17. The zero-order valence-electron chi connectivity index (χ0n) is 12.6. The van der Waals surface area contributed by atoms with Crippen molar-refractivity contribution in [1.82, 2.24) is 9.97 Å². The summed E-state index contributed by atoms with van der Waals surface area (Å²) in [4.78, 5) is 10.9. The molecule has 1 aromatic heterocycles. The molecule has 2 atom stereocenters. The first-order valence-corrected chi connectivity index (χ1v) is 7.40. The van der Waals surface area contributed by atoms with Gasteiger partial charge in [-0.2, -0.15) is 0 Å². The third-order valence-electron chi connectivity index (χ3n) is 3.48. The van der Waals surface area contributed by atoms with Crippen LogP contribution in [0.2, 0.25) is 5.02 Å². The van der Waals surface area contributed by atoms with Crippen LogP contribution >= 0.6 is 11.6 Å². The summed E-state index contributed by atoms with van der Waals surface area (Å²) >= 11 is 6.05. The molecule has 2 rings (SSSR count). The summed E-state index contributed by atoms with van der Waals surface area (Å²) in [5, 5.41) is 0.737. The molecule has 0 saturated carbocycles. The molecule has 0 amide bonds. The third-order valence-corrected chi connectivity index (χ3v) is 3.71. The molecule has 0 aliphatic carbocycles. The summed E-state index contributed by atoms with van der Waals surface area (Å²) < 4.78 is 0. The minimum Gasteiger partial charge on any atom is -0.337 e. The molecule has 0 aliphatic heterocycles. The van der Waals surface area contributed by atoms with Crippen LogP contribution in [0.25, 0.3) is 0 Å². The highest BCUT2D eigenvalue weighted by Gasteiger charge is 2.15. The molecule has 2 N–H and O–H groups in total. The van der Waals surface area contributed by atoms with Crippen LogP contribution in [0.5, 0.6) is 0 Å². The molecule has 5 heteroatoms. The van der Waals surface area contributed by atoms with Crippen LogP contribution in [0, 0.1) is 0 Å². The Labute approximate surface area is 131 Å². The maximum atomic E-state index is 6.05. The van der Waals surface area contributed by atoms with Gasteiger partial charge in [-0.05, 0) is 43.5 Å². The number of hydrogen-bond donors (Lipinski definition) is 1. The summed E-state index contributed by atoms with van der Waals surface area (Å²) in [6, 6.07) is 8.10. The number of benzene rings is 1. The van der Waals surface area contributed by atoms with E-state index in [0.717, 1.165) is 22.6 Å². The molecular weight excluding hydrogens is 284 g/mol. The molecule has 0 saturated heterocycles. The highest BCUT2D eigenvalue weighted by Crippen LogP contribution is 2.24. The van der Waals surface area contributed by atoms with E-state index in [1.54, 1.807) is 0 Å². The number of anilines is 1. The van der Waals surface area contributed by atoms with E-state index in [1.807, 2.05) is 49.5 Å². The van der Waals surface area contributed by atoms with Gasteiger partial charge in [-0.15, -0.1) is 0 Å². The second-order valence-electron chi connectivity index (χ2n) is 5.41. The average molecular weight is 305 g/mol. The molecule has 2 aromatic rings. The zero-order chi connectivity index (χ0) is 15.4. The first kappa shape index (κ1) is 15.7. The van der Waals surface area contributed by atoms with Crippen molar-refractivity contribution < 1.29 is 0 Å². The second-order valence-corrected chi connectivity index (χ2v) is 5.85. The molecule has 0 radical (unpaired) electrons. The van der Waals surface area contributed by atoms with Crippen molar-refractivity contribution in [2.45, 2.75) is 32.4 Å². The van der Waals surface area contributed by atoms with Gasteiger partial charge in [0.15, 0.2) is 0 Å².